The Bertz CT molecular complexity index is 1060. The average molecular weight is 469 g/mol. The van der Waals surface area contributed by atoms with Gasteiger partial charge in [-0.1, -0.05) is 65.8 Å². The van der Waals surface area contributed by atoms with Crippen LogP contribution in [0, 0.1) is 0 Å². The fraction of sp³-hybridized carbons (Fsp3) is 0.292. The highest BCUT2D eigenvalue weighted by Gasteiger charge is 2.19. The monoisotopic (exact) mass is 468 g/mol. The van der Waals surface area contributed by atoms with Gasteiger partial charge in [0.15, 0.2) is 5.16 Å². The molecule has 0 aliphatic carbocycles. The van der Waals surface area contributed by atoms with E-state index in [2.05, 4.69) is 27.0 Å². The summed E-state index contributed by atoms with van der Waals surface area (Å²) in [6.07, 6.45) is 3.90. The van der Waals surface area contributed by atoms with Crippen molar-refractivity contribution in [1.29, 1.82) is 0 Å². The van der Waals surface area contributed by atoms with E-state index in [9.17, 15) is 9.59 Å². The number of imidazole rings is 1. The van der Waals surface area contributed by atoms with Crippen LogP contribution in [0.4, 0.5) is 0 Å². The summed E-state index contributed by atoms with van der Waals surface area (Å²) in [7, 11) is 0. The summed E-state index contributed by atoms with van der Waals surface area (Å²) in [4.78, 5) is 30.9. The van der Waals surface area contributed by atoms with Crippen LogP contribution in [-0.2, 0) is 16.1 Å². The maximum Gasteiger partial charge on any atom is 0.241 e. The number of nitrogens with zero attached hydrogens (tertiary/aromatic N) is 3. The topological polar surface area (TPSA) is 67.2 Å². The maximum atomic E-state index is 12.4. The van der Waals surface area contributed by atoms with Crippen molar-refractivity contribution < 1.29 is 9.59 Å². The van der Waals surface area contributed by atoms with Crippen molar-refractivity contribution in [2.75, 3.05) is 25.4 Å². The van der Waals surface area contributed by atoms with Crippen LogP contribution in [0.25, 0.3) is 11.3 Å². The van der Waals surface area contributed by atoms with E-state index in [4.69, 9.17) is 11.6 Å². The molecule has 1 fully saturated rings. The number of hydrogen-bond acceptors (Lipinski definition) is 4. The first-order valence-corrected chi connectivity index (χ1v) is 12.0. The molecule has 6 nitrogen and oxygen atoms in total. The lowest BCUT2D eigenvalue weighted by molar-refractivity contribution is -0.131. The van der Waals surface area contributed by atoms with Gasteiger partial charge in [0, 0.05) is 18.1 Å². The minimum atomic E-state index is -0.176. The van der Waals surface area contributed by atoms with Crippen LogP contribution in [0.5, 0.6) is 0 Å². The lowest BCUT2D eigenvalue weighted by atomic mass is 10.1. The van der Waals surface area contributed by atoms with E-state index in [-0.39, 0.29) is 24.1 Å². The summed E-state index contributed by atoms with van der Waals surface area (Å²) in [5, 5.41) is 4.17. The fourth-order valence-corrected chi connectivity index (χ4v) is 4.61. The number of likely N-dealkylation sites (tertiary alicyclic amines) is 1. The van der Waals surface area contributed by atoms with E-state index in [1.807, 2.05) is 48.7 Å². The number of hydrogen-bond donors (Lipinski definition) is 1. The molecule has 3 aromatic rings. The molecule has 2 amide bonds. The van der Waals surface area contributed by atoms with Gasteiger partial charge in [-0.25, -0.2) is 4.98 Å². The molecule has 1 saturated heterocycles. The molecule has 2 heterocycles. The Morgan fingerprint density at radius 2 is 1.75 bits per heavy atom. The quantitative estimate of drug-likeness (QED) is 0.506. The number of thioether (sulfide) groups is 1. The number of amides is 2. The lowest BCUT2D eigenvalue weighted by Crippen LogP contribution is -2.39. The van der Waals surface area contributed by atoms with Gasteiger partial charge in [-0.05, 0) is 36.1 Å². The minimum absolute atomic E-state index is 0.0172. The van der Waals surface area contributed by atoms with Crippen LogP contribution in [0.3, 0.4) is 0 Å². The summed E-state index contributed by atoms with van der Waals surface area (Å²) in [5.74, 6) is 0.000354. The van der Waals surface area contributed by atoms with Gasteiger partial charge < -0.3 is 14.8 Å². The van der Waals surface area contributed by atoms with Crippen molar-refractivity contribution >= 4 is 35.2 Å². The molecule has 166 valence electrons. The number of carbonyl (C=O) groups excluding carboxylic acids is 2. The zero-order valence-corrected chi connectivity index (χ0v) is 19.2. The van der Waals surface area contributed by atoms with E-state index >= 15 is 0 Å². The number of aromatic nitrogens is 2. The summed E-state index contributed by atoms with van der Waals surface area (Å²) in [6.45, 7) is 2.26. The van der Waals surface area contributed by atoms with Crippen molar-refractivity contribution in [2.45, 2.75) is 24.5 Å². The molecule has 0 saturated carbocycles. The van der Waals surface area contributed by atoms with Crippen LogP contribution >= 0.6 is 23.4 Å². The number of halogens is 1. The van der Waals surface area contributed by atoms with Crippen molar-refractivity contribution in [3.63, 3.8) is 0 Å². The molecule has 1 aliphatic rings. The van der Waals surface area contributed by atoms with E-state index < -0.39 is 0 Å². The van der Waals surface area contributed by atoms with Gasteiger partial charge in [0.05, 0.1) is 30.7 Å². The fourth-order valence-electron chi connectivity index (χ4n) is 3.68. The molecule has 0 spiro atoms. The van der Waals surface area contributed by atoms with E-state index in [1.54, 1.807) is 4.90 Å². The van der Waals surface area contributed by atoms with Crippen molar-refractivity contribution in [1.82, 2.24) is 19.8 Å². The molecule has 8 heteroatoms. The normalized spacial score (nSPS) is 13.3. The smallest absolute Gasteiger partial charge is 0.241 e. The zero-order chi connectivity index (χ0) is 22.3. The summed E-state index contributed by atoms with van der Waals surface area (Å²) in [6, 6.07) is 17.8. The average Bonchev–Trinajstić information content (AvgIpc) is 3.48. The van der Waals surface area contributed by atoms with Crippen LogP contribution in [0.1, 0.15) is 18.4 Å². The molecule has 0 bridgehead atoms. The lowest BCUT2D eigenvalue weighted by Gasteiger charge is -2.15. The standard InChI is InChI=1S/C24H25ClN4O2S/c25-20-10-8-19(9-11-20)21-14-27-24(29(21)16-18-6-2-1-3-7-18)32-17-22(30)26-15-23(31)28-12-4-5-13-28/h1-3,6-11,14H,4-5,12-13,15-17H2,(H,26,30). The Hall–Kier alpha value is -2.77. The largest absolute Gasteiger partial charge is 0.346 e. The molecule has 0 atom stereocenters. The molecule has 0 unspecified atom stereocenters. The molecule has 0 radical (unpaired) electrons. The Kier molecular flexibility index (Phi) is 7.50. The highest BCUT2D eigenvalue weighted by atomic mass is 35.5. The first kappa shape index (κ1) is 22.4. The third kappa shape index (κ3) is 5.72. The van der Waals surface area contributed by atoms with Crippen molar-refractivity contribution in [3.05, 3.63) is 71.4 Å². The third-order valence-corrected chi connectivity index (χ3v) is 6.61. The molecule has 1 aromatic heterocycles. The summed E-state index contributed by atoms with van der Waals surface area (Å²) >= 11 is 7.42. The number of benzene rings is 2. The maximum absolute atomic E-state index is 12.4. The van der Waals surface area contributed by atoms with Gasteiger partial charge >= 0.3 is 0 Å². The van der Waals surface area contributed by atoms with E-state index in [0.717, 1.165) is 47.9 Å². The molecular formula is C24H25ClN4O2S. The highest BCUT2D eigenvalue weighted by Crippen LogP contribution is 2.28. The predicted molar refractivity (Wildman–Crippen MR) is 128 cm³/mol. The predicted octanol–water partition coefficient (Wildman–Crippen LogP) is 4.08. The molecule has 1 aliphatic heterocycles. The molecule has 32 heavy (non-hydrogen) atoms. The Morgan fingerprint density at radius 1 is 1.03 bits per heavy atom. The van der Waals surface area contributed by atoms with Crippen LogP contribution < -0.4 is 5.32 Å². The summed E-state index contributed by atoms with van der Waals surface area (Å²) < 4.78 is 2.10. The van der Waals surface area contributed by atoms with Gasteiger partial charge in [-0.15, -0.1) is 0 Å². The van der Waals surface area contributed by atoms with E-state index in [0.29, 0.717) is 11.6 Å². The highest BCUT2D eigenvalue weighted by molar-refractivity contribution is 7.99. The van der Waals surface area contributed by atoms with Gasteiger partial charge in [-0.2, -0.15) is 0 Å². The molecular weight excluding hydrogens is 444 g/mol. The van der Waals surface area contributed by atoms with Gasteiger partial charge in [0.1, 0.15) is 0 Å². The SMILES string of the molecule is O=C(CSc1ncc(-c2ccc(Cl)cc2)n1Cc1ccccc1)NCC(=O)N1CCCC1. The van der Waals surface area contributed by atoms with Crippen molar-refractivity contribution in [2.24, 2.45) is 0 Å². The number of carbonyl (C=O) groups is 2. The Balaban J connectivity index is 1.44. The Morgan fingerprint density at radius 3 is 2.47 bits per heavy atom. The zero-order valence-electron chi connectivity index (χ0n) is 17.7. The molecule has 1 N–H and O–H groups in total. The van der Waals surface area contributed by atoms with Gasteiger partial charge in [0.25, 0.3) is 0 Å². The summed E-state index contributed by atoms with van der Waals surface area (Å²) in [5.41, 5.74) is 3.10. The Labute approximate surface area is 197 Å². The van der Waals surface area contributed by atoms with Gasteiger partial charge in [-0.3, -0.25) is 9.59 Å². The van der Waals surface area contributed by atoms with Crippen LogP contribution in [0.15, 0.2) is 66.0 Å². The minimum Gasteiger partial charge on any atom is -0.346 e. The van der Waals surface area contributed by atoms with Crippen LogP contribution in [-0.4, -0.2) is 51.7 Å². The second-order valence-electron chi connectivity index (χ2n) is 7.66. The number of rotatable bonds is 8. The molecule has 4 rings (SSSR count). The van der Waals surface area contributed by atoms with E-state index in [1.165, 1.54) is 11.8 Å². The number of nitrogens with one attached hydrogen (secondary N) is 1. The first-order valence-electron chi connectivity index (χ1n) is 10.6. The van der Waals surface area contributed by atoms with Gasteiger partial charge in [0.2, 0.25) is 11.8 Å². The second kappa shape index (κ2) is 10.7. The third-order valence-electron chi connectivity index (χ3n) is 5.37. The second-order valence-corrected chi connectivity index (χ2v) is 9.04. The van der Waals surface area contributed by atoms with Crippen molar-refractivity contribution in [3.8, 4) is 11.3 Å². The van der Waals surface area contributed by atoms with Crippen LogP contribution in [0.2, 0.25) is 5.02 Å². The molecule has 2 aromatic carbocycles. The first-order chi connectivity index (χ1) is 15.6.